The number of rotatable bonds is 5. The van der Waals surface area contributed by atoms with Crippen LogP contribution in [0.1, 0.15) is 43.2 Å². The number of carbonyl (C=O) groups is 2. The molecule has 6 heteroatoms. The van der Waals surface area contributed by atoms with Crippen LogP contribution in [0.4, 0.5) is 0 Å². The molecule has 2 aliphatic carbocycles. The maximum absolute atomic E-state index is 12.5. The second kappa shape index (κ2) is 6.83. The van der Waals surface area contributed by atoms with Crippen molar-refractivity contribution in [2.75, 3.05) is 19.7 Å². The molecule has 1 aromatic heterocycles. The number of carbonyl (C=O) groups excluding carboxylic acids is 2. The number of fused-ring (bicyclic) bond motifs is 1. The molecule has 6 nitrogen and oxygen atoms in total. The van der Waals surface area contributed by atoms with Gasteiger partial charge in [0.15, 0.2) is 5.76 Å². The molecule has 0 unspecified atom stereocenters. The fourth-order valence-electron chi connectivity index (χ4n) is 4.28. The highest BCUT2D eigenvalue weighted by molar-refractivity contribution is 5.91. The summed E-state index contributed by atoms with van der Waals surface area (Å²) in [4.78, 5) is 26.0. The molecule has 2 saturated carbocycles. The largest absolute Gasteiger partial charge is 0.459 e. The predicted octanol–water partition coefficient (Wildman–Crippen LogP) is 2.06. The van der Waals surface area contributed by atoms with E-state index in [2.05, 4.69) is 5.32 Å². The van der Waals surface area contributed by atoms with Crippen molar-refractivity contribution in [2.45, 2.75) is 44.8 Å². The van der Waals surface area contributed by atoms with Crippen molar-refractivity contribution in [1.29, 1.82) is 0 Å². The number of ether oxygens (including phenoxy) is 1. The van der Waals surface area contributed by atoms with Crippen LogP contribution >= 0.6 is 0 Å². The van der Waals surface area contributed by atoms with E-state index in [-0.39, 0.29) is 24.0 Å². The zero-order valence-corrected chi connectivity index (χ0v) is 14.6. The van der Waals surface area contributed by atoms with E-state index in [4.69, 9.17) is 9.15 Å². The quantitative estimate of drug-likeness (QED) is 0.886. The summed E-state index contributed by atoms with van der Waals surface area (Å²) in [5.41, 5.74) is 0. The minimum atomic E-state index is -0.0362. The number of furan rings is 1. The highest BCUT2D eigenvalue weighted by Gasteiger charge is 2.44. The van der Waals surface area contributed by atoms with Crippen LogP contribution in [0.5, 0.6) is 0 Å². The number of likely N-dealkylation sites (tertiary alicyclic amines) is 1. The van der Waals surface area contributed by atoms with Crippen LogP contribution in [0.3, 0.4) is 0 Å². The van der Waals surface area contributed by atoms with Gasteiger partial charge in [0.05, 0.1) is 18.4 Å². The molecule has 1 N–H and O–H groups in total. The van der Waals surface area contributed by atoms with Crippen molar-refractivity contribution in [3.8, 4) is 0 Å². The number of nitrogens with zero attached hydrogens (tertiary/aromatic N) is 1. The van der Waals surface area contributed by atoms with E-state index in [1.54, 1.807) is 19.1 Å². The Morgan fingerprint density at radius 3 is 2.68 bits per heavy atom. The van der Waals surface area contributed by atoms with Gasteiger partial charge in [-0.2, -0.15) is 0 Å². The maximum atomic E-state index is 12.5. The van der Waals surface area contributed by atoms with Crippen LogP contribution in [-0.4, -0.2) is 48.6 Å². The Labute approximate surface area is 147 Å². The predicted molar refractivity (Wildman–Crippen MR) is 90.9 cm³/mol. The summed E-state index contributed by atoms with van der Waals surface area (Å²) < 4.78 is 11.4. The highest BCUT2D eigenvalue weighted by Crippen LogP contribution is 2.39. The van der Waals surface area contributed by atoms with E-state index < -0.39 is 0 Å². The van der Waals surface area contributed by atoms with Crippen LogP contribution in [0, 0.1) is 17.8 Å². The fourth-order valence-corrected chi connectivity index (χ4v) is 4.28. The smallest absolute Gasteiger partial charge is 0.289 e. The molecule has 1 saturated heterocycles. The van der Waals surface area contributed by atoms with E-state index >= 15 is 0 Å². The highest BCUT2D eigenvalue weighted by atomic mass is 16.5. The summed E-state index contributed by atoms with van der Waals surface area (Å²) in [5.74, 6) is 1.91. The molecular weight excluding hydrogens is 320 g/mol. The Hall–Kier alpha value is -1.82. The third kappa shape index (κ3) is 3.73. The summed E-state index contributed by atoms with van der Waals surface area (Å²) in [6.07, 6.45) is 5.89. The first kappa shape index (κ1) is 16.6. The van der Waals surface area contributed by atoms with Gasteiger partial charge in [-0.3, -0.25) is 9.59 Å². The van der Waals surface area contributed by atoms with E-state index in [9.17, 15) is 9.59 Å². The van der Waals surface area contributed by atoms with Crippen molar-refractivity contribution in [2.24, 2.45) is 17.8 Å². The number of hydrogen-bond donors (Lipinski definition) is 1. The van der Waals surface area contributed by atoms with Gasteiger partial charge >= 0.3 is 0 Å². The van der Waals surface area contributed by atoms with Gasteiger partial charge < -0.3 is 19.4 Å². The number of hydrogen-bond acceptors (Lipinski definition) is 4. The molecule has 0 radical (unpaired) electrons. The zero-order valence-electron chi connectivity index (χ0n) is 14.6. The normalized spacial score (nSPS) is 31.6. The summed E-state index contributed by atoms with van der Waals surface area (Å²) >= 11 is 0. The molecule has 25 heavy (non-hydrogen) atoms. The van der Waals surface area contributed by atoms with Crippen molar-refractivity contribution in [1.82, 2.24) is 10.2 Å². The van der Waals surface area contributed by atoms with E-state index in [1.165, 1.54) is 19.1 Å². The average Bonchev–Trinajstić information content (AvgIpc) is 3.08. The molecule has 3 aliphatic rings. The maximum Gasteiger partial charge on any atom is 0.289 e. The Balaban J connectivity index is 1.41. The molecule has 1 aliphatic heterocycles. The van der Waals surface area contributed by atoms with Gasteiger partial charge in [0.25, 0.3) is 5.91 Å². The minimum absolute atomic E-state index is 0.00927. The zero-order chi connectivity index (χ0) is 17.4. The topological polar surface area (TPSA) is 71.8 Å². The molecule has 3 fully saturated rings. The molecule has 2 amide bonds. The van der Waals surface area contributed by atoms with E-state index in [0.717, 1.165) is 32.5 Å². The lowest BCUT2D eigenvalue weighted by Gasteiger charge is -2.38. The first-order chi connectivity index (χ1) is 12.1. The van der Waals surface area contributed by atoms with Gasteiger partial charge in [-0.15, -0.1) is 0 Å². The number of amides is 2. The van der Waals surface area contributed by atoms with Gasteiger partial charge in [0.2, 0.25) is 5.91 Å². The van der Waals surface area contributed by atoms with Gasteiger partial charge in [-0.1, -0.05) is 0 Å². The van der Waals surface area contributed by atoms with Crippen LogP contribution in [0.25, 0.3) is 0 Å². The first-order valence-corrected chi connectivity index (χ1v) is 9.31. The third-order valence-corrected chi connectivity index (χ3v) is 5.77. The molecule has 4 rings (SSSR count). The Kier molecular flexibility index (Phi) is 4.54. The molecule has 0 aromatic carbocycles. The van der Waals surface area contributed by atoms with Crippen LogP contribution in [-0.2, 0) is 9.53 Å². The minimum Gasteiger partial charge on any atom is -0.459 e. The molecular formula is C19H26N2O4. The molecule has 2 heterocycles. The van der Waals surface area contributed by atoms with Crippen LogP contribution in [0.15, 0.2) is 22.8 Å². The fraction of sp³-hybridized carbons (Fsp3) is 0.684. The van der Waals surface area contributed by atoms with E-state index in [0.29, 0.717) is 23.5 Å². The second-order valence-corrected chi connectivity index (χ2v) is 7.80. The SMILES string of the molecule is CC(=O)N[C@@H]1C[C@@H]2CN(C(=O)c3ccco3)C[C@@H]2C[C@H]1OCC1CC1. The lowest BCUT2D eigenvalue weighted by Crippen LogP contribution is -2.50. The van der Waals surface area contributed by atoms with Gasteiger partial charge in [-0.25, -0.2) is 0 Å². The molecule has 0 bridgehead atoms. The summed E-state index contributed by atoms with van der Waals surface area (Å²) in [7, 11) is 0. The Bertz CT molecular complexity index is 625. The van der Waals surface area contributed by atoms with Crippen LogP contribution in [0.2, 0.25) is 0 Å². The first-order valence-electron chi connectivity index (χ1n) is 9.31. The monoisotopic (exact) mass is 346 g/mol. The van der Waals surface area contributed by atoms with Crippen molar-refractivity contribution < 1.29 is 18.7 Å². The summed E-state index contributed by atoms with van der Waals surface area (Å²) in [5, 5.41) is 3.07. The Morgan fingerprint density at radius 1 is 1.28 bits per heavy atom. The van der Waals surface area contributed by atoms with Gasteiger partial charge in [0, 0.05) is 26.6 Å². The van der Waals surface area contributed by atoms with Crippen molar-refractivity contribution >= 4 is 11.8 Å². The summed E-state index contributed by atoms with van der Waals surface area (Å²) in [6.45, 7) is 3.84. The standard InChI is InChI=1S/C19H26N2O4/c1-12(22)20-16-7-14-9-21(19(23)17-3-2-6-24-17)10-15(14)8-18(16)25-11-13-4-5-13/h2-3,6,13-16,18H,4-5,7-11H2,1H3,(H,20,22)/t14-,15+,16-,18-/m1/s1. The molecule has 136 valence electrons. The van der Waals surface area contributed by atoms with Gasteiger partial charge in [0.1, 0.15) is 0 Å². The van der Waals surface area contributed by atoms with Gasteiger partial charge in [-0.05, 0) is 55.6 Å². The molecule has 4 atom stereocenters. The number of nitrogens with one attached hydrogen (secondary N) is 1. The van der Waals surface area contributed by atoms with Crippen molar-refractivity contribution in [3.05, 3.63) is 24.2 Å². The summed E-state index contributed by atoms with van der Waals surface area (Å²) in [6, 6.07) is 3.51. The third-order valence-electron chi connectivity index (χ3n) is 5.77. The van der Waals surface area contributed by atoms with E-state index in [1.807, 2.05) is 4.90 Å². The average molecular weight is 346 g/mol. The lowest BCUT2D eigenvalue weighted by atomic mass is 9.77. The van der Waals surface area contributed by atoms with Crippen LogP contribution < -0.4 is 5.32 Å². The lowest BCUT2D eigenvalue weighted by molar-refractivity contribution is -0.122. The second-order valence-electron chi connectivity index (χ2n) is 7.80. The van der Waals surface area contributed by atoms with Crippen molar-refractivity contribution in [3.63, 3.8) is 0 Å². The Morgan fingerprint density at radius 2 is 2.04 bits per heavy atom. The molecule has 1 aromatic rings. The molecule has 0 spiro atoms.